The molecule has 3 aromatic carbocycles. The molecule has 0 aliphatic carbocycles. The third-order valence-corrected chi connectivity index (χ3v) is 6.73. The van der Waals surface area contributed by atoms with Gasteiger partial charge in [-0.2, -0.15) is 0 Å². The first-order chi connectivity index (χ1) is 14.8. The number of hydrogen-bond acceptors (Lipinski definition) is 4. The molecule has 0 spiro atoms. The number of hydrogen-bond donors (Lipinski definition) is 0. The third kappa shape index (κ3) is 5.57. The molecule has 1 amide bonds. The predicted molar refractivity (Wildman–Crippen MR) is 122 cm³/mol. The van der Waals surface area contributed by atoms with E-state index in [0.717, 1.165) is 9.87 Å². The van der Waals surface area contributed by atoms with E-state index in [1.807, 2.05) is 30.3 Å². The topological polar surface area (TPSA) is 66.9 Å². The smallest absolute Gasteiger partial charge is 0.264 e. The molecular weight excluding hydrogens is 436 g/mol. The van der Waals surface area contributed by atoms with Crippen molar-refractivity contribution in [3.63, 3.8) is 0 Å². The molecule has 8 heteroatoms. The van der Waals surface area contributed by atoms with Crippen molar-refractivity contribution in [1.82, 2.24) is 4.90 Å². The molecule has 0 aliphatic rings. The number of ether oxygens (including phenoxy) is 1. The molecule has 6 nitrogen and oxygen atoms in total. The van der Waals surface area contributed by atoms with Crippen LogP contribution in [-0.4, -0.2) is 39.9 Å². The zero-order chi connectivity index (χ0) is 22.4. The summed E-state index contributed by atoms with van der Waals surface area (Å²) in [5, 5.41) is 0.373. The largest absolute Gasteiger partial charge is 0.497 e. The molecule has 0 aliphatic heterocycles. The van der Waals surface area contributed by atoms with E-state index in [0.29, 0.717) is 23.0 Å². The number of rotatable bonds is 8. The van der Waals surface area contributed by atoms with E-state index in [-0.39, 0.29) is 17.3 Å². The first-order valence-corrected chi connectivity index (χ1v) is 11.3. The molecule has 0 radical (unpaired) electrons. The molecule has 0 N–H and O–H groups in total. The van der Waals surface area contributed by atoms with Crippen molar-refractivity contribution in [3.8, 4) is 5.75 Å². The van der Waals surface area contributed by atoms with Crippen molar-refractivity contribution in [3.05, 3.63) is 89.4 Å². The van der Waals surface area contributed by atoms with E-state index >= 15 is 0 Å². The van der Waals surface area contributed by atoms with Crippen LogP contribution >= 0.6 is 11.6 Å². The van der Waals surface area contributed by atoms with Crippen molar-refractivity contribution >= 4 is 33.2 Å². The Morgan fingerprint density at radius 3 is 2.26 bits per heavy atom. The van der Waals surface area contributed by atoms with E-state index in [2.05, 4.69) is 0 Å². The fourth-order valence-corrected chi connectivity index (χ4v) is 4.60. The Kier molecular flexibility index (Phi) is 7.20. The van der Waals surface area contributed by atoms with Crippen LogP contribution < -0.4 is 9.04 Å². The molecule has 0 fully saturated rings. The predicted octanol–water partition coefficient (Wildman–Crippen LogP) is 4.20. The Morgan fingerprint density at radius 2 is 1.65 bits per heavy atom. The van der Waals surface area contributed by atoms with Crippen molar-refractivity contribution in [2.45, 2.75) is 11.4 Å². The van der Waals surface area contributed by atoms with Gasteiger partial charge in [-0.15, -0.1) is 0 Å². The number of benzene rings is 3. The number of carbonyl (C=O) groups is 1. The Morgan fingerprint density at radius 1 is 0.968 bits per heavy atom. The van der Waals surface area contributed by atoms with Gasteiger partial charge in [-0.05, 0) is 48.0 Å². The average Bonchev–Trinajstić information content (AvgIpc) is 2.77. The van der Waals surface area contributed by atoms with Crippen LogP contribution in [0.4, 0.5) is 5.69 Å². The van der Waals surface area contributed by atoms with Crippen LogP contribution in [0.15, 0.2) is 83.8 Å². The summed E-state index contributed by atoms with van der Waals surface area (Å²) < 4.78 is 33.0. The van der Waals surface area contributed by atoms with Gasteiger partial charge in [0.15, 0.2) is 0 Å². The number of sulfonamides is 1. The van der Waals surface area contributed by atoms with E-state index in [9.17, 15) is 13.2 Å². The Bertz CT molecular complexity index is 1140. The van der Waals surface area contributed by atoms with Crippen molar-refractivity contribution in [1.29, 1.82) is 0 Å². The van der Waals surface area contributed by atoms with Gasteiger partial charge in [-0.1, -0.05) is 48.0 Å². The first-order valence-electron chi connectivity index (χ1n) is 9.51. The van der Waals surface area contributed by atoms with Gasteiger partial charge < -0.3 is 9.64 Å². The lowest BCUT2D eigenvalue weighted by molar-refractivity contribution is -0.128. The van der Waals surface area contributed by atoms with Gasteiger partial charge in [-0.3, -0.25) is 9.10 Å². The number of amides is 1. The summed E-state index contributed by atoms with van der Waals surface area (Å²) in [5.41, 5.74) is 1.26. The lowest BCUT2D eigenvalue weighted by Gasteiger charge is -2.27. The lowest BCUT2D eigenvalue weighted by atomic mass is 10.2. The normalized spacial score (nSPS) is 11.1. The van der Waals surface area contributed by atoms with Crippen LogP contribution in [0.5, 0.6) is 5.75 Å². The Labute approximate surface area is 187 Å². The number of methoxy groups -OCH3 is 1. The van der Waals surface area contributed by atoms with Gasteiger partial charge in [0, 0.05) is 18.6 Å². The van der Waals surface area contributed by atoms with E-state index in [1.165, 1.54) is 30.2 Å². The highest BCUT2D eigenvalue weighted by atomic mass is 35.5. The molecule has 0 bridgehead atoms. The van der Waals surface area contributed by atoms with Gasteiger partial charge in [0.05, 0.1) is 17.7 Å². The Hall–Kier alpha value is -3.03. The number of halogens is 1. The lowest BCUT2D eigenvalue weighted by Crippen LogP contribution is -2.41. The highest BCUT2D eigenvalue weighted by Crippen LogP contribution is 2.27. The van der Waals surface area contributed by atoms with E-state index in [4.69, 9.17) is 16.3 Å². The molecule has 3 rings (SSSR count). The summed E-state index contributed by atoms with van der Waals surface area (Å²) in [6.45, 7) is 0.00365. The minimum atomic E-state index is -4.03. The fourth-order valence-electron chi connectivity index (χ4n) is 3.01. The van der Waals surface area contributed by atoms with Crippen LogP contribution in [0.2, 0.25) is 5.02 Å². The van der Waals surface area contributed by atoms with E-state index < -0.39 is 10.0 Å². The first kappa shape index (κ1) is 22.7. The third-order valence-electron chi connectivity index (χ3n) is 4.71. The fraction of sp³-hybridized carbons (Fsp3) is 0.174. The molecule has 0 saturated carbocycles. The van der Waals surface area contributed by atoms with Crippen molar-refractivity contribution in [2.75, 3.05) is 25.0 Å². The van der Waals surface area contributed by atoms with Gasteiger partial charge in [0.25, 0.3) is 10.0 Å². The van der Waals surface area contributed by atoms with Gasteiger partial charge in [0.1, 0.15) is 12.3 Å². The molecular formula is C23H23ClN2O4S. The second-order valence-corrected chi connectivity index (χ2v) is 9.20. The maximum absolute atomic E-state index is 13.4. The summed E-state index contributed by atoms with van der Waals surface area (Å²) in [4.78, 5) is 14.5. The summed E-state index contributed by atoms with van der Waals surface area (Å²) in [7, 11) is -0.878. The quantitative estimate of drug-likeness (QED) is 0.507. The number of anilines is 1. The highest BCUT2D eigenvalue weighted by molar-refractivity contribution is 7.92. The molecule has 162 valence electrons. The summed E-state index contributed by atoms with van der Waals surface area (Å²) in [5.74, 6) is 0.188. The number of nitrogens with zero attached hydrogens (tertiary/aromatic N) is 2. The van der Waals surface area contributed by atoms with Crippen LogP contribution in [-0.2, 0) is 21.4 Å². The molecule has 0 unspecified atom stereocenters. The van der Waals surface area contributed by atoms with Crippen LogP contribution in [0.3, 0.4) is 0 Å². The summed E-state index contributed by atoms with van der Waals surface area (Å²) >= 11 is 6.10. The second-order valence-electron chi connectivity index (χ2n) is 6.90. The van der Waals surface area contributed by atoms with Crippen LogP contribution in [0.25, 0.3) is 0 Å². The molecule has 0 heterocycles. The maximum Gasteiger partial charge on any atom is 0.264 e. The molecule has 0 saturated heterocycles. The molecule has 0 aromatic heterocycles. The van der Waals surface area contributed by atoms with Crippen molar-refractivity contribution < 1.29 is 17.9 Å². The van der Waals surface area contributed by atoms with Gasteiger partial charge >= 0.3 is 0 Å². The minimum Gasteiger partial charge on any atom is -0.497 e. The van der Waals surface area contributed by atoms with Crippen LogP contribution in [0.1, 0.15) is 5.56 Å². The number of likely N-dealkylation sites (N-methyl/N-ethyl adjacent to an activating group) is 1. The van der Waals surface area contributed by atoms with E-state index in [1.54, 1.807) is 37.4 Å². The monoisotopic (exact) mass is 458 g/mol. The number of carbonyl (C=O) groups excluding carboxylic acids is 1. The minimum absolute atomic E-state index is 0.0480. The zero-order valence-electron chi connectivity index (χ0n) is 17.2. The molecule has 31 heavy (non-hydrogen) atoms. The van der Waals surface area contributed by atoms with Gasteiger partial charge in [-0.25, -0.2) is 8.42 Å². The molecule has 0 atom stereocenters. The molecule has 3 aromatic rings. The van der Waals surface area contributed by atoms with Gasteiger partial charge in [0.2, 0.25) is 5.91 Å². The average molecular weight is 459 g/mol. The van der Waals surface area contributed by atoms with Crippen LogP contribution in [0, 0.1) is 0 Å². The van der Waals surface area contributed by atoms with Crippen molar-refractivity contribution in [2.24, 2.45) is 0 Å². The standard InChI is InChI=1S/C23H23ClN2O4S/c1-25(16-18-7-4-3-5-8-18)23(27)17-26(20-10-6-9-19(24)15-20)31(28,29)22-13-11-21(30-2)12-14-22/h3-15H,16-17H2,1-2H3. The maximum atomic E-state index is 13.4. The summed E-state index contributed by atoms with van der Waals surface area (Å²) in [6, 6.07) is 21.9. The summed E-state index contributed by atoms with van der Waals surface area (Å²) in [6.07, 6.45) is 0. The second kappa shape index (κ2) is 9.85. The SMILES string of the molecule is COc1ccc(S(=O)(=O)N(CC(=O)N(C)Cc2ccccc2)c2cccc(Cl)c2)cc1. The zero-order valence-corrected chi connectivity index (χ0v) is 18.8. The highest BCUT2D eigenvalue weighted by Gasteiger charge is 2.28. The Balaban J connectivity index is 1.91.